The Bertz CT molecular complexity index is 564. The molecule has 10 nitrogen and oxygen atoms in total. The van der Waals surface area contributed by atoms with E-state index in [4.69, 9.17) is 5.53 Å². The van der Waals surface area contributed by atoms with Crippen molar-refractivity contribution < 1.29 is 15.1 Å². The molecule has 0 saturated carbocycles. The maximum atomic E-state index is 11.1. The van der Waals surface area contributed by atoms with Crippen LogP contribution in [0.5, 0.6) is 0 Å². The molecule has 0 aliphatic rings. The fraction of sp³-hybridized carbons (Fsp3) is 0.444. The predicted octanol–water partition coefficient (Wildman–Crippen LogP) is 0.378. The Kier molecular flexibility index (Phi) is 5.01. The van der Waals surface area contributed by atoms with Crippen molar-refractivity contribution in [3.05, 3.63) is 48.7 Å². The molecule has 0 aromatic carbocycles. The third-order valence-corrected chi connectivity index (χ3v) is 2.40. The van der Waals surface area contributed by atoms with Gasteiger partial charge in [-0.25, -0.2) is 0 Å². The quantitative estimate of drug-likeness (QED) is 0.223. The van der Waals surface area contributed by atoms with Gasteiger partial charge in [0.05, 0.1) is 11.0 Å². The first-order chi connectivity index (χ1) is 8.97. The van der Waals surface area contributed by atoms with Crippen molar-refractivity contribution in [1.29, 1.82) is 0 Å². The van der Waals surface area contributed by atoms with Crippen molar-refractivity contribution in [3.63, 3.8) is 0 Å². The maximum absolute atomic E-state index is 11.1. The largest absolute Gasteiger partial charge is 0.390 e. The molecular formula is C9H11N5O5. The number of aromatic amines is 1. The highest BCUT2D eigenvalue weighted by molar-refractivity contribution is 5.31. The zero-order valence-corrected chi connectivity index (χ0v) is 9.63. The highest BCUT2D eigenvalue weighted by Gasteiger charge is 2.22. The van der Waals surface area contributed by atoms with Crippen LogP contribution in [0.2, 0.25) is 0 Å². The molecule has 0 amide bonds. The summed E-state index contributed by atoms with van der Waals surface area (Å²) < 4.78 is 0. The number of aliphatic hydroxyl groups is 2. The Morgan fingerprint density at radius 2 is 2.26 bits per heavy atom. The molecule has 102 valence electrons. The van der Waals surface area contributed by atoms with Crippen molar-refractivity contribution in [3.8, 4) is 0 Å². The number of hydrogen-bond donors (Lipinski definition) is 3. The zero-order valence-electron chi connectivity index (χ0n) is 9.63. The second-order valence-corrected chi connectivity index (χ2v) is 3.66. The van der Waals surface area contributed by atoms with Gasteiger partial charge in [0.15, 0.2) is 0 Å². The van der Waals surface area contributed by atoms with Gasteiger partial charge in [-0.1, -0.05) is 5.11 Å². The average Bonchev–Trinajstić information content (AvgIpc) is 2.38. The number of nitrogens with one attached hydrogen (secondary N) is 1. The molecule has 0 aliphatic carbocycles. The van der Waals surface area contributed by atoms with Crippen molar-refractivity contribution in [2.75, 3.05) is 6.54 Å². The molecular weight excluding hydrogens is 258 g/mol. The fourth-order valence-electron chi connectivity index (χ4n) is 1.41. The van der Waals surface area contributed by atoms with E-state index in [1.165, 1.54) is 0 Å². The van der Waals surface area contributed by atoms with E-state index in [9.17, 15) is 25.1 Å². The van der Waals surface area contributed by atoms with E-state index >= 15 is 0 Å². The van der Waals surface area contributed by atoms with Gasteiger partial charge in [0, 0.05) is 29.3 Å². The average molecular weight is 269 g/mol. The lowest BCUT2D eigenvalue weighted by Crippen LogP contribution is -2.21. The molecule has 0 fully saturated rings. The maximum Gasteiger partial charge on any atom is 0.334 e. The van der Waals surface area contributed by atoms with Crippen LogP contribution in [-0.4, -0.2) is 32.8 Å². The normalized spacial score (nSPS) is 13.4. The lowest BCUT2D eigenvalue weighted by molar-refractivity contribution is -0.386. The highest BCUT2D eigenvalue weighted by Crippen LogP contribution is 2.20. The molecule has 0 radical (unpaired) electrons. The molecule has 1 aromatic heterocycles. The van der Waals surface area contributed by atoms with E-state index in [2.05, 4.69) is 15.0 Å². The second kappa shape index (κ2) is 6.50. The number of azide groups is 1. The number of nitro groups is 1. The molecule has 19 heavy (non-hydrogen) atoms. The van der Waals surface area contributed by atoms with Crippen LogP contribution in [0.15, 0.2) is 22.2 Å². The molecule has 10 heteroatoms. The van der Waals surface area contributed by atoms with Crippen LogP contribution in [0.25, 0.3) is 10.4 Å². The van der Waals surface area contributed by atoms with Crippen molar-refractivity contribution >= 4 is 5.69 Å². The van der Waals surface area contributed by atoms with Crippen LogP contribution in [0.4, 0.5) is 5.69 Å². The van der Waals surface area contributed by atoms with Crippen molar-refractivity contribution in [2.45, 2.75) is 18.6 Å². The fourth-order valence-corrected chi connectivity index (χ4v) is 1.41. The number of rotatable bonds is 6. The second-order valence-electron chi connectivity index (χ2n) is 3.66. The van der Waals surface area contributed by atoms with E-state index in [0.29, 0.717) is 0 Å². The molecule has 0 bridgehead atoms. The van der Waals surface area contributed by atoms with Crippen LogP contribution >= 0.6 is 0 Å². The first-order valence-electron chi connectivity index (χ1n) is 5.21. The Labute approximate surface area is 106 Å². The van der Waals surface area contributed by atoms with Gasteiger partial charge in [0.1, 0.15) is 6.10 Å². The van der Waals surface area contributed by atoms with Gasteiger partial charge in [-0.15, -0.1) is 0 Å². The van der Waals surface area contributed by atoms with Gasteiger partial charge in [-0.2, -0.15) is 0 Å². The number of nitrogens with zero attached hydrogens (tertiary/aromatic N) is 4. The SMILES string of the molecule is [N-]=[N+]=NCCC(O)C(O)c1c[nH]c(=O)c([N+](=O)[O-])c1. The Morgan fingerprint density at radius 1 is 1.58 bits per heavy atom. The van der Waals surface area contributed by atoms with Crippen molar-refractivity contribution in [1.82, 2.24) is 4.98 Å². The molecule has 2 unspecified atom stereocenters. The highest BCUT2D eigenvalue weighted by atomic mass is 16.6. The standard InChI is InChI=1S/C9H11N5O5/c10-13-12-2-1-7(15)8(16)5-3-6(14(18)19)9(17)11-4-5/h3-4,7-8,15-16H,1-2H2,(H,11,17). The zero-order chi connectivity index (χ0) is 14.4. The molecule has 3 N–H and O–H groups in total. The van der Waals surface area contributed by atoms with Gasteiger partial charge in [0.2, 0.25) is 0 Å². The summed E-state index contributed by atoms with van der Waals surface area (Å²) in [6.07, 6.45) is -1.63. The number of pyridine rings is 1. The van der Waals surface area contributed by atoms with E-state index in [1.807, 2.05) is 0 Å². The summed E-state index contributed by atoms with van der Waals surface area (Å²) in [5.41, 5.74) is 6.44. The molecule has 0 spiro atoms. The first kappa shape index (κ1) is 14.6. The predicted molar refractivity (Wildman–Crippen MR) is 63.3 cm³/mol. The summed E-state index contributed by atoms with van der Waals surface area (Å²) in [6, 6.07) is 0.889. The van der Waals surface area contributed by atoms with Crippen molar-refractivity contribution in [2.24, 2.45) is 5.11 Å². The molecule has 0 saturated heterocycles. The Balaban J connectivity index is 2.90. The number of aliphatic hydroxyl groups excluding tert-OH is 2. The minimum atomic E-state index is -1.43. The number of aromatic nitrogens is 1. The first-order valence-corrected chi connectivity index (χ1v) is 5.21. The Morgan fingerprint density at radius 3 is 2.84 bits per heavy atom. The summed E-state index contributed by atoms with van der Waals surface area (Å²) in [6.45, 7) is -0.0276. The molecule has 0 aliphatic heterocycles. The van der Waals surface area contributed by atoms with Crippen LogP contribution in [0.1, 0.15) is 18.1 Å². The van der Waals surface area contributed by atoms with E-state index in [-0.39, 0.29) is 18.5 Å². The topological polar surface area (TPSA) is 165 Å². The van der Waals surface area contributed by atoms with Crippen LogP contribution in [-0.2, 0) is 0 Å². The summed E-state index contributed by atoms with van der Waals surface area (Å²) in [4.78, 5) is 25.4. The molecule has 1 heterocycles. The van der Waals surface area contributed by atoms with Crippen LogP contribution in [0, 0.1) is 10.1 Å². The lowest BCUT2D eigenvalue weighted by atomic mass is 10.0. The molecule has 2 atom stereocenters. The summed E-state index contributed by atoms with van der Waals surface area (Å²) in [5.74, 6) is 0. The third kappa shape index (κ3) is 3.78. The Hall–Kier alpha value is -2.42. The van der Waals surface area contributed by atoms with E-state index in [0.717, 1.165) is 12.3 Å². The van der Waals surface area contributed by atoms with Gasteiger partial charge < -0.3 is 15.2 Å². The summed E-state index contributed by atoms with van der Waals surface area (Å²) >= 11 is 0. The molecule has 1 aromatic rings. The van der Waals surface area contributed by atoms with E-state index < -0.39 is 28.4 Å². The minimum absolute atomic E-state index is 0.000243. The summed E-state index contributed by atoms with van der Waals surface area (Å²) in [5, 5.41) is 33.1. The minimum Gasteiger partial charge on any atom is -0.390 e. The van der Waals surface area contributed by atoms with Crippen LogP contribution in [0.3, 0.4) is 0 Å². The summed E-state index contributed by atoms with van der Waals surface area (Å²) in [7, 11) is 0. The number of hydrogen-bond acceptors (Lipinski definition) is 6. The van der Waals surface area contributed by atoms with Gasteiger partial charge in [0.25, 0.3) is 0 Å². The van der Waals surface area contributed by atoms with Crippen LogP contribution < -0.4 is 5.56 Å². The van der Waals surface area contributed by atoms with E-state index in [1.54, 1.807) is 0 Å². The third-order valence-electron chi connectivity index (χ3n) is 2.40. The van der Waals surface area contributed by atoms with Gasteiger partial charge in [-0.3, -0.25) is 14.9 Å². The number of H-pyrrole nitrogens is 1. The molecule has 1 rings (SSSR count). The van der Waals surface area contributed by atoms with Gasteiger partial charge in [-0.05, 0) is 12.0 Å². The lowest BCUT2D eigenvalue weighted by Gasteiger charge is -2.16. The van der Waals surface area contributed by atoms with Gasteiger partial charge >= 0.3 is 11.2 Å². The monoisotopic (exact) mass is 269 g/mol. The smallest absolute Gasteiger partial charge is 0.334 e.